The smallest absolute Gasteiger partial charge is 0.306 e. The van der Waals surface area contributed by atoms with Crippen LogP contribution in [0.2, 0.25) is 0 Å². The van der Waals surface area contributed by atoms with E-state index in [2.05, 4.69) is 27.7 Å². The van der Waals surface area contributed by atoms with Crippen LogP contribution >= 0.6 is 11.8 Å². The quantitative estimate of drug-likeness (QED) is 0.0635. The van der Waals surface area contributed by atoms with E-state index in [1.807, 2.05) is 0 Å². The molecule has 0 N–H and O–H groups in total. The topological polar surface area (TPSA) is 52.6 Å². The molecule has 5 heteroatoms. The molecule has 0 atom stereocenters. The second-order valence-electron chi connectivity index (χ2n) is 12.3. The summed E-state index contributed by atoms with van der Waals surface area (Å²) < 4.78 is 10.7. The van der Waals surface area contributed by atoms with Crippen LogP contribution in [-0.4, -0.2) is 36.7 Å². The van der Waals surface area contributed by atoms with Crippen LogP contribution in [0.3, 0.4) is 0 Å². The first-order chi connectivity index (χ1) is 18.9. The Kier molecular flexibility index (Phi) is 29.7. The highest BCUT2D eigenvalue weighted by Crippen LogP contribution is 2.14. The highest BCUT2D eigenvalue weighted by Gasteiger charge is 2.06. The summed E-state index contributed by atoms with van der Waals surface area (Å²) in [6, 6.07) is 0. The number of carbonyl (C=O) groups excluding carboxylic acids is 2. The Hall–Kier alpha value is -0.710. The van der Waals surface area contributed by atoms with Crippen LogP contribution in [0.25, 0.3) is 0 Å². The van der Waals surface area contributed by atoms with E-state index in [9.17, 15) is 9.59 Å². The van der Waals surface area contributed by atoms with Crippen LogP contribution in [-0.2, 0) is 19.1 Å². The highest BCUT2D eigenvalue weighted by atomic mass is 32.2. The van der Waals surface area contributed by atoms with Gasteiger partial charge < -0.3 is 9.47 Å². The second kappa shape index (κ2) is 30.3. The van der Waals surface area contributed by atoms with Crippen LogP contribution in [0.5, 0.6) is 0 Å². The molecule has 0 aromatic carbocycles. The standard InChI is InChI=1S/C34H66O4S/c1-31(2)23-19-15-11-7-5-9-13-17-21-27-37-33(35)25-29-39-30-26-34(36)38-28-22-18-14-10-6-8-12-16-20-24-32(3)4/h31-32H,5-30H2,1-4H3. The minimum Gasteiger partial charge on any atom is -0.466 e. The average molecular weight is 571 g/mol. The molecule has 0 heterocycles. The van der Waals surface area contributed by atoms with E-state index < -0.39 is 0 Å². The Morgan fingerprint density at radius 1 is 0.462 bits per heavy atom. The van der Waals surface area contributed by atoms with Crippen molar-refractivity contribution in [3.05, 3.63) is 0 Å². The molecule has 0 aromatic rings. The second-order valence-corrected chi connectivity index (χ2v) is 13.5. The maximum absolute atomic E-state index is 11.9. The zero-order valence-electron chi connectivity index (χ0n) is 26.6. The average Bonchev–Trinajstić information content (AvgIpc) is 2.89. The van der Waals surface area contributed by atoms with Crippen LogP contribution < -0.4 is 0 Å². The molecule has 0 unspecified atom stereocenters. The van der Waals surface area contributed by atoms with E-state index in [1.54, 1.807) is 11.8 Å². The predicted octanol–water partition coefficient (Wildman–Crippen LogP) is 10.7. The number of carbonyl (C=O) groups is 2. The summed E-state index contributed by atoms with van der Waals surface area (Å²) in [4.78, 5) is 23.7. The minimum absolute atomic E-state index is 0.113. The van der Waals surface area contributed by atoms with Crippen molar-refractivity contribution in [1.82, 2.24) is 0 Å². The number of hydrogen-bond acceptors (Lipinski definition) is 5. The summed E-state index contributed by atoms with van der Waals surface area (Å²) in [5.41, 5.74) is 0. The SMILES string of the molecule is CC(C)CCCCCCCCCCCOC(=O)CCSCCC(=O)OCCCCCCCCCCCC(C)C. The number of esters is 2. The molecule has 4 nitrogen and oxygen atoms in total. The highest BCUT2D eigenvalue weighted by molar-refractivity contribution is 7.99. The molecule has 0 rings (SSSR count). The van der Waals surface area contributed by atoms with Gasteiger partial charge in [0.2, 0.25) is 0 Å². The monoisotopic (exact) mass is 570 g/mol. The molecular formula is C34H66O4S. The molecule has 0 radical (unpaired) electrons. The normalized spacial score (nSPS) is 11.4. The Morgan fingerprint density at radius 2 is 0.744 bits per heavy atom. The molecule has 0 saturated heterocycles. The molecule has 0 aliphatic rings. The van der Waals surface area contributed by atoms with Gasteiger partial charge in [0.25, 0.3) is 0 Å². The molecule has 0 aromatic heterocycles. The van der Waals surface area contributed by atoms with E-state index in [4.69, 9.17) is 9.47 Å². The summed E-state index contributed by atoms with van der Waals surface area (Å²) in [6.45, 7) is 10.3. The first-order valence-electron chi connectivity index (χ1n) is 16.8. The fourth-order valence-corrected chi connectivity index (χ4v) is 5.54. The van der Waals surface area contributed by atoms with Gasteiger partial charge in [0.05, 0.1) is 26.1 Å². The molecule has 0 saturated carbocycles. The van der Waals surface area contributed by atoms with Gasteiger partial charge in [0.15, 0.2) is 0 Å². The van der Waals surface area contributed by atoms with Crippen LogP contribution in [0, 0.1) is 11.8 Å². The predicted molar refractivity (Wildman–Crippen MR) is 170 cm³/mol. The molecule has 0 amide bonds. The number of thioether (sulfide) groups is 1. The molecule has 232 valence electrons. The first-order valence-corrected chi connectivity index (χ1v) is 18.0. The zero-order chi connectivity index (χ0) is 28.8. The van der Waals surface area contributed by atoms with Gasteiger partial charge in [0.1, 0.15) is 0 Å². The summed E-state index contributed by atoms with van der Waals surface area (Å²) in [7, 11) is 0. The van der Waals surface area contributed by atoms with E-state index in [0.29, 0.717) is 37.6 Å². The molecule has 0 aliphatic heterocycles. The summed E-state index contributed by atoms with van der Waals surface area (Å²) >= 11 is 1.63. The number of ether oxygens (including phenoxy) is 2. The number of unbranched alkanes of at least 4 members (excludes halogenated alkanes) is 16. The zero-order valence-corrected chi connectivity index (χ0v) is 27.4. The van der Waals surface area contributed by atoms with Gasteiger partial charge in [-0.25, -0.2) is 0 Å². The maximum Gasteiger partial charge on any atom is 0.306 e. The van der Waals surface area contributed by atoms with Gasteiger partial charge in [-0.05, 0) is 24.7 Å². The van der Waals surface area contributed by atoms with E-state index in [-0.39, 0.29) is 11.9 Å². The van der Waals surface area contributed by atoms with Crippen molar-refractivity contribution in [2.45, 2.75) is 169 Å². The molecule has 0 bridgehead atoms. The van der Waals surface area contributed by atoms with Crippen molar-refractivity contribution in [3.63, 3.8) is 0 Å². The van der Waals surface area contributed by atoms with Crippen LogP contribution in [0.4, 0.5) is 0 Å². The lowest BCUT2D eigenvalue weighted by molar-refractivity contribution is -0.144. The largest absolute Gasteiger partial charge is 0.466 e. The van der Waals surface area contributed by atoms with Crippen LogP contribution in [0.1, 0.15) is 169 Å². The van der Waals surface area contributed by atoms with Gasteiger partial charge in [-0.15, -0.1) is 0 Å². The third-order valence-electron chi connectivity index (χ3n) is 7.28. The van der Waals surface area contributed by atoms with Crippen molar-refractivity contribution in [2.24, 2.45) is 11.8 Å². The lowest BCUT2D eigenvalue weighted by atomic mass is 10.0. The Balaban J connectivity index is 3.28. The van der Waals surface area contributed by atoms with E-state index in [0.717, 1.165) is 37.5 Å². The van der Waals surface area contributed by atoms with Crippen molar-refractivity contribution >= 4 is 23.7 Å². The lowest BCUT2D eigenvalue weighted by Gasteiger charge is -2.07. The summed E-state index contributed by atoms with van der Waals surface area (Å²) in [6.07, 6.45) is 26.6. The van der Waals surface area contributed by atoms with Crippen molar-refractivity contribution in [2.75, 3.05) is 24.7 Å². The molecule has 0 fully saturated rings. The molecule has 39 heavy (non-hydrogen) atoms. The Bertz CT molecular complexity index is 489. The van der Waals surface area contributed by atoms with Gasteiger partial charge >= 0.3 is 11.9 Å². The first kappa shape index (κ1) is 38.3. The Labute approximate surface area is 247 Å². The molecule has 0 aliphatic carbocycles. The van der Waals surface area contributed by atoms with Crippen LogP contribution in [0.15, 0.2) is 0 Å². The van der Waals surface area contributed by atoms with E-state index in [1.165, 1.54) is 103 Å². The maximum atomic E-state index is 11.9. The van der Waals surface area contributed by atoms with Gasteiger partial charge in [-0.2, -0.15) is 11.8 Å². The summed E-state index contributed by atoms with van der Waals surface area (Å²) in [5, 5.41) is 0. The third kappa shape index (κ3) is 33.4. The number of rotatable bonds is 30. The van der Waals surface area contributed by atoms with Crippen molar-refractivity contribution < 1.29 is 19.1 Å². The number of hydrogen-bond donors (Lipinski definition) is 0. The third-order valence-corrected chi connectivity index (χ3v) is 8.26. The fraction of sp³-hybridized carbons (Fsp3) is 0.941. The van der Waals surface area contributed by atoms with Gasteiger partial charge in [-0.1, -0.05) is 143 Å². The van der Waals surface area contributed by atoms with Gasteiger partial charge in [0, 0.05) is 11.5 Å². The fourth-order valence-electron chi connectivity index (χ4n) is 4.71. The van der Waals surface area contributed by atoms with Crippen molar-refractivity contribution in [1.29, 1.82) is 0 Å². The molecular weight excluding hydrogens is 504 g/mol. The van der Waals surface area contributed by atoms with E-state index >= 15 is 0 Å². The van der Waals surface area contributed by atoms with Crippen molar-refractivity contribution in [3.8, 4) is 0 Å². The Morgan fingerprint density at radius 3 is 1.05 bits per heavy atom. The lowest BCUT2D eigenvalue weighted by Crippen LogP contribution is -2.09. The van der Waals surface area contributed by atoms with Gasteiger partial charge in [-0.3, -0.25) is 9.59 Å². The summed E-state index contributed by atoms with van der Waals surface area (Å²) in [5.74, 6) is 2.87. The molecule has 0 spiro atoms. The minimum atomic E-state index is -0.113.